The first kappa shape index (κ1) is 22.8. The Kier molecular flexibility index (Phi) is 23.7. The first-order chi connectivity index (χ1) is 2.00. The van der Waals surface area contributed by atoms with Crippen molar-refractivity contribution in [1.29, 1.82) is 0 Å². The van der Waals surface area contributed by atoms with Crippen LogP contribution in [0.15, 0.2) is 0 Å². The Morgan fingerprint density at radius 1 is 1.12 bits per heavy atom. The smallest absolute Gasteiger partial charge is 0.870 e. The molecule has 0 amide bonds. The third-order valence-electron chi connectivity index (χ3n) is 0. The van der Waals surface area contributed by atoms with Crippen molar-refractivity contribution in [3.63, 3.8) is 0 Å². The number of hydrogen-bond acceptors (Lipinski definition) is 5. The molecule has 0 aromatic rings. The van der Waals surface area contributed by atoms with Crippen LogP contribution in [0.5, 0.6) is 0 Å². The van der Waals surface area contributed by atoms with Gasteiger partial charge in [-0.25, -0.2) is 0 Å². The van der Waals surface area contributed by atoms with E-state index in [4.69, 9.17) is 17.5 Å². The van der Waals surface area contributed by atoms with E-state index < -0.39 is 10.4 Å². The maximum atomic E-state index is 8.52. The van der Waals surface area contributed by atoms with Crippen LogP contribution in [0.1, 0.15) is 0 Å². The Hall–Kier alpha value is 1.32. The Morgan fingerprint density at radius 2 is 1.12 bits per heavy atom. The van der Waals surface area contributed by atoms with Crippen molar-refractivity contribution in [2.45, 2.75) is 0 Å². The van der Waals surface area contributed by atoms with Gasteiger partial charge in [-0.3, -0.25) is 8.42 Å². The molecule has 8 heavy (non-hydrogen) atoms. The largest absolute Gasteiger partial charge is 2.00 e. The number of hydrogen-bond donors (Lipinski definition) is 0. The van der Waals surface area contributed by atoms with Crippen LogP contribution in [-0.4, -0.2) is 23.0 Å². The van der Waals surface area contributed by atoms with E-state index >= 15 is 0 Å². The summed E-state index contributed by atoms with van der Waals surface area (Å²) in [5.41, 5.74) is 0. The molecular weight excluding hydrogens is 194 g/mol. The minimum absolute atomic E-state index is 0. The summed E-state index contributed by atoms with van der Waals surface area (Å²) in [4.78, 5) is 0. The summed E-state index contributed by atoms with van der Waals surface area (Å²) in [6.07, 6.45) is 0. The van der Waals surface area contributed by atoms with Gasteiger partial charge in [-0.05, 0) is 0 Å². The minimum Gasteiger partial charge on any atom is -0.870 e. The summed E-state index contributed by atoms with van der Waals surface area (Å²) in [6.45, 7) is 0. The molecule has 0 aromatic heterocycles. The van der Waals surface area contributed by atoms with Gasteiger partial charge in [0, 0.05) is 10.4 Å². The van der Waals surface area contributed by atoms with Gasteiger partial charge in [0.15, 0.2) is 0 Å². The maximum absolute atomic E-state index is 8.52. The van der Waals surface area contributed by atoms with Crippen molar-refractivity contribution in [3.05, 3.63) is 0 Å². The summed E-state index contributed by atoms with van der Waals surface area (Å²) in [7, 11) is -5.17. The summed E-state index contributed by atoms with van der Waals surface area (Å²) in [5, 5.41) is 0. The predicted octanol–water partition coefficient (Wildman–Crippen LogP) is -4.51. The number of rotatable bonds is 0. The second kappa shape index (κ2) is 8.32. The molecular formula is HNaNiO5S. The van der Waals surface area contributed by atoms with Crippen molar-refractivity contribution in [2.24, 2.45) is 0 Å². The van der Waals surface area contributed by atoms with Gasteiger partial charge in [-0.1, -0.05) is 0 Å². The van der Waals surface area contributed by atoms with Gasteiger partial charge in [-0.15, -0.1) is 0 Å². The average Bonchev–Trinajstić information content (AvgIpc) is 0.722. The Bertz CT molecular complexity index is 95.6. The summed E-state index contributed by atoms with van der Waals surface area (Å²) >= 11 is 0. The molecule has 0 fully saturated rings. The maximum Gasteiger partial charge on any atom is 2.00 e. The predicted molar refractivity (Wildman–Crippen MR) is 12.4 cm³/mol. The van der Waals surface area contributed by atoms with Gasteiger partial charge in [0.25, 0.3) is 0 Å². The molecule has 0 atom stereocenters. The molecule has 1 N–H and O–H groups in total. The molecule has 0 aromatic carbocycles. The van der Waals surface area contributed by atoms with Gasteiger partial charge in [0.1, 0.15) is 0 Å². The van der Waals surface area contributed by atoms with Crippen LogP contribution in [0.25, 0.3) is 0 Å². The first-order valence-electron chi connectivity index (χ1n) is 0.667. The molecule has 0 radical (unpaired) electrons. The molecule has 0 spiro atoms. The van der Waals surface area contributed by atoms with E-state index in [0.29, 0.717) is 0 Å². The van der Waals surface area contributed by atoms with Gasteiger partial charge >= 0.3 is 46.0 Å². The van der Waals surface area contributed by atoms with Crippen LogP contribution in [0.4, 0.5) is 0 Å². The van der Waals surface area contributed by atoms with E-state index in [9.17, 15) is 0 Å². The SMILES string of the molecule is O=S(=O)([O-])[O-].[Na+].[Ni+2].[OH-]. The minimum atomic E-state index is -5.17. The fraction of sp³-hybridized carbons (Fsp3) is 0. The van der Waals surface area contributed by atoms with Gasteiger partial charge in [0.05, 0.1) is 0 Å². The molecule has 5 nitrogen and oxygen atoms in total. The third kappa shape index (κ3) is 167. The standard InChI is InChI=1S/Na.Ni.H2O4S.H2O/c;;1-5(2,3)4;/h;;(H2,1,2,3,4);1H2/q+1;+2;;/p-3. The van der Waals surface area contributed by atoms with Crippen molar-refractivity contribution >= 4 is 10.4 Å². The van der Waals surface area contributed by atoms with E-state index in [-0.39, 0.29) is 51.5 Å². The van der Waals surface area contributed by atoms with Crippen LogP contribution < -0.4 is 29.6 Å². The van der Waals surface area contributed by atoms with E-state index in [0.717, 1.165) is 0 Å². The topological polar surface area (TPSA) is 110 Å². The quantitative estimate of drug-likeness (QED) is 0.219. The monoisotopic (exact) mass is 194 g/mol. The van der Waals surface area contributed by atoms with Crippen LogP contribution in [0.2, 0.25) is 0 Å². The molecule has 0 aliphatic heterocycles. The molecule has 48 valence electrons. The molecule has 0 bridgehead atoms. The second-order valence-corrected chi connectivity index (χ2v) is 1.22. The van der Waals surface area contributed by atoms with Crippen LogP contribution >= 0.6 is 0 Å². The second-order valence-electron chi connectivity index (χ2n) is 0.408. The normalized spacial score (nSPS) is 7.25. The van der Waals surface area contributed by atoms with E-state index in [1.54, 1.807) is 0 Å². The third-order valence-corrected chi connectivity index (χ3v) is 0. The molecule has 0 aliphatic carbocycles. The molecule has 0 saturated carbocycles. The fourth-order valence-electron chi connectivity index (χ4n) is 0. The molecule has 8 heteroatoms. The molecule has 0 saturated heterocycles. The van der Waals surface area contributed by atoms with E-state index in [1.165, 1.54) is 0 Å². The Morgan fingerprint density at radius 3 is 1.12 bits per heavy atom. The van der Waals surface area contributed by atoms with Crippen molar-refractivity contribution in [2.75, 3.05) is 0 Å². The fourth-order valence-corrected chi connectivity index (χ4v) is 0. The van der Waals surface area contributed by atoms with Crippen LogP contribution in [0.3, 0.4) is 0 Å². The summed E-state index contributed by atoms with van der Waals surface area (Å²) in [5.74, 6) is 0. The molecule has 0 aliphatic rings. The van der Waals surface area contributed by atoms with Crippen molar-refractivity contribution in [3.8, 4) is 0 Å². The van der Waals surface area contributed by atoms with E-state index in [1.807, 2.05) is 0 Å². The van der Waals surface area contributed by atoms with Gasteiger partial charge in [0.2, 0.25) is 0 Å². The molecule has 0 heterocycles. The Balaban J connectivity index is -0.0000000267. The first-order valence-corrected chi connectivity index (χ1v) is 2.00. The average molecular weight is 195 g/mol. The summed E-state index contributed by atoms with van der Waals surface area (Å²) < 4.78 is 34.1. The van der Waals surface area contributed by atoms with Gasteiger partial charge < -0.3 is 14.6 Å². The zero-order chi connectivity index (χ0) is 4.50. The van der Waals surface area contributed by atoms with E-state index in [2.05, 4.69) is 0 Å². The van der Waals surface area contributed by atoms with Crippen molar-refractivity contribution < 1.29 is 69.0 Å². The van der Waals surface area contributed by atoms with Crippen LogP contribution in [-0.2, 0) is 26.9 Å². The zero-order valence-corrected chi connectivity index (χ0v) is 7.61. The Labute approximate surface area is 78.9 Å². The molecule has 0 unspecified atom stereocenters. The molecule has 0 rings (SSSR count). The van der Waals surface area contributed by atoms with Crippen LogP contribution in [0, 0.1) is 0 Å². The van der Waals surface area contributed by atoms with Crippen molar-refractivity contribution in [1.82, 2.24) is 0 Å². The summed E-state index contributed by atoms with van der Waals surface area (Å²) in [6, 6.07) is 0. The zero-order valence-electron chi connectivity index (χ0n) is 3.80. The van der Waals surface area contributed by atoms with Gasteiger partial charge in [-0.2, -0.15) is 0 Å².